The Balaban J connectivity index is 2.12. The van der Waals surface area contributed by atoms with Gasteiger partial charge in [-0.1, -0.05) is 6.92 Å². The average Bonchev–Trinajstić information content (AvgIpc) is 2.73. The number of likely N-dealkylation sites (tertiary alicyclic amines) is 1. The number of hydrogen-bond donors (Lipinski definition) is 1. The van der Waals surface area contributed by atoms with E-state index < -0.39 is 11.9 Å². The van der Waals surface area contributed by atoms with Crippen molar-refractivity contribution in [1.82, 2.24) is 4.90 Å². The van der Waals surface area contributed by atoms with E-state index in [0.717, 1.165) is 12.8 Å². The summed E-state index contributed by atoms with van der Waals surface area (Å²) in [7, 11) is 0. The molecule has 0 bridgehead atoms. The van der Waals surface area contributed by atoms with Gasteiger partial charge in [0.05, 0.1) is 0 Å². The minimum Gasteiger partial charge on any atom is -0.368 e. The Morgan fingerprint density at radius 2 is 2.35 bits per heavy atom. The molecule has 5 heteroatoms. The van der Waals surface area contributed by atoms with Crippen molar-refractivity contribution in [1.29, 1.82) is 0 Å². The van der Waals surface area contributed by atoms with Crippen LogP contribution in [0.3, 0.4) is 0 Å². The molecule has 2 amide bonds. The van der Waals surface area contributed by atoms with E-state index in [1.807, 2.05) is 6.92 Å². The highest BCUT2D eigenvalue weighted by Gasteiger charge is 2.31. The molecule has 110 valence electrons. The summed E-state index contributed by atoms with van der Waals surface area (Å²) in [5.74, 6) is -0.0490. The largest absolute Gasteiger partial charge is 0.368 e. The van der Waals surface area contributed by atoms with Gasteiger partial charge in [0.25, 0.3) is 0 Å². The van der Waals surface area contributed by atoms with Crippen molar-refractivity contribution in [2.45, 2.75) is 51.5 Å². The molecule has 0 aromatic carbocycles. The van der Waals surface area contributed by atoms with Crippen LogP contribution in [0.25, 0.3) is 0 Å². The number of amides is 2. The molecule has 2 rings (SSSR count). The van der Waals surface area contributed by atoms with Crippen LogP contribution in [0.1, 0.15) is 49.0 Å². The van der Waals surface area contributed by atoms with Gasteiger partial charge in [-0.25, -0.2) is 0 Å². The Morgan fingerprint density at radius 3 is 2.90 bits per heavy atom. The molecule has 20 heavy (non-hydrogen) atoms. The van der Waals surface area contributed by atoms with Crippen molar-refractivity contribution < 1.29 is 9.59 Å². The summed E-state index contributed by atoms with van der Waals surface area (Å²) in [6, 6.07) is 1.72. The van der Waals surface area contributed by atoms with Crippen LogP contribution in [0.5, 0.6) is 0 Å². The van der Waals surface area contributed by atoms with Crippen molar-refractivity contribution in [2.75, 3.05) is 6.54 Å². The number of hydrogen-bond acceptors (Lipinski definition) is 3. The fourth-order valence-corrected chi connectivity index (χ4v) is 3.92. The monoisotopic (exact) mass is 294 g/mol. The van der Waals surface area contributed by atoms with Gasteiger partial charge in [0.1, 0.15) is 6.04 Å². The number of nitrogens with two attached hydrogens (primary N) is 1. The van der Waals surface area contributed by atoms with Gasteiger partial charge >= 0.3 is 0 Å². The van der Waals surface area contributed by atoms with Gasteiger partial charge in [0, 0.05) is 23.8 Å². The van der Waals surface area contributed by atoms with Gasteiger partial charge in [-0.2, -0.15) is 0 Å². The van der Waals surface area contributed by atoms with E-state index in [1.165, 1.54) is 10.4 Å². The topological polar surface area (TPSA) is 63.4 Å². The van der Waals surface area contributed by atoms with Crippen molar-refractivity contribution in [2.24, 2.45) is 5.73 Å². The van der Waals surface area contributed by atoms with Gasteiger partial charge < -0.3 is 10.6 Å². The van der Waals surface area contributed by atoms with Crippen LogP contribution in [0.2, 0.25) is 0 Å². The molecule has 1 aromatic heterocycles. The lowest BCUT2D eigenvalue weighted by molar-refractivity contribution is -0.139. The lowest BCUT2D eigenvalue weighted by atomic mass is 9.98. The summed E-state index contributed by atoms with van der Waals surface area (Å²) >= 11 is 1.73. The van der Waals surface area contributed by atoms with E-state index in [4.69, 9.17) is 5.73 Å². The second-order valence-corrected chi connectivity index (χ2v) is 6.43. The van der Waals surface area contributed by atoms with E-state index in [-0.39, 0.29) is 11.8 Å². The molecular weight excluding hydrogens is 272 g/mol. The lowest BCUT2D eigenvalue weighted by Crippen LogP contribution is -2.47. The van der Waals surface area contributed by atoms with Crippen molar-refractivity contribution >= 4 is 23.2 Å². The summed E-state index contributed by atoms with van der Waals surface area (Å²) in [4.78, 5) is 26.9. The predicted molar refractivity (Wildman–Crippen MR) is 80.6 cm³/mol. The van der Waals surface area contributed by atoms with Crippen LogP contribution in [0.4, 0.5) is 0 Å². The van der Waals surface area contributed by atoms with Gasteiger partial charge in [-0.15, -0.1) is 11.3 Å². The first-order valence-corrected chi connectivity index (χ1v) is 8.04. The van der Waals surface area contributed by atoms with E-state index in [1.54, 1.807) is 16.2 Å². The molecule has 1 aliphatic rings. The van der Waals surface area contributed by atoms with Crippen molar-refractivity contribution in [3.8, 4) is 0 Å². The number of primary amides is 1. The van der Waals surface area contributed by atoms with E-state index in [9.17, 15) is 9.59 Å². The second kappa shape index (κ2) is 6.39. The zero-order valence-corrected chi connectivity index (χ0v) is 12.9. The standard InChI is InChI=1S/C15H22N2O2S/c1-3-12(15(16)19)17-6-4-5-11(8-14(17)18)13-7-10(2)9-20-13/h7,9,11-12H,3-6,8H2,1-2H3,(H2,16,19). The van der Waals surface area contributed by atoms with Crippen LogP contribution in [-0.4, -0.2) is 29.3 Å². The number of rotatable bonds is 4. The Hall–Kier alpha value is -1.36. The molecule has 0 aliphatic carbocycles. The molecule has 0 spiro atoms. The summed E-state index contributed by atoms with van der Waals surface area (Å²) in [5, 5.41) is 2.13. The van der Waals surface area contributed by atoms with Crippen LogP contribution in [0.15, 0.2) is 11.4 Å². The summed E-state index contributed by atoms with van der Waals surface area (Å²) in [6.45, 7) is 4.61. The molecular formula is C15H22N2O2S. The zero-order chi connectivity index (χ0) is 14.7. The smallest absolute Gasteiger partial charge is 0.240 e. The Kier molecular flexibility index (Phi) is 4.81. The van der Waals surface area contributed by atoms with Gasteiger partial charge in [-0.3, -0.25) is 9.59 Å². The molecule has 2 unspecified atom stereocenters. The molecule has 1 fully saturated rings. The van der Waals surface area contributed by atoms with Crippen molar-refractivity contribution in [3.05, 3.63) is 21.9 Å². The fourth-order valence-electron chi connectivity index (χ4n) is 2.88. The fraction of sp³-hybridized carbons (Fsp3) is 0.600. The third kappa shape index (κ3) is 3.20. The maximum absolute atomic E-state index is 12.4. The molecule has 0 saturated carbocycles. The van der Waals surface area contributed by atoms with Crippen LogP contribution in [-0.2, 0) is 9.59 Å². The van der Waals surface area contributed by atoms with E-state index in [2.05, 4.69) is 18.4 Å². The number of carbonyl (C=O) groups is 2. The predicted octanol–water partition coefficient (Wildman–Crippen LogP) is 2.42. The number of carbonyl (C=O) groups excluding carboxylic acids is 2. The molecule has 2 atom stereocenters. The Labute approximate surface area is 124 Å². The molecule has 1 aliphatic heterocycles. The van der Waals surface area contributed by atoms with Gasteiger partial charge in [-0.05, 0) is 43.2 Å². The Morgan fingerprint density at radius 1 is 1.60 bits per heavy atom. The highest BCUT2D eigenvalue weighted by Crippen LogP contribution is 2.33. The van der Waals surface area contributed by atoms with Gasteiger partial charge in [0.15, 0.2) is 0 Å². The summed E-state index contributed by atoms with van der Waals surface area (Å²) in [5.41, 5.74) is 6.66. The first-order valence-electron chi connectivity index (χ1n) is 7.16. The SMILES string of the molecule is CCC(C(N)=O)N1CCCC(c2cc(C)cs2)CC1=O. The molecule has 1 saturated heterocycles. The molecule has 2 heterocycles. The van der Waals surface area contributed by atoms with E-state index >= 15 is 0 Å². The third-order valence-corrected chi connectivity index (χ3v) is 5.15. The Bertz CT molecular complexity index is 498. The first-order chi connectivity index (χ1) is 9.52. The number of aryl methyl sites for hydroxylation is 1. The summed E-state index contributed by atoms with van der Waals surface area (Å²) < 4.78 is 0. The third-order valence-electron chi connectivity index (χ3n) is 3.94. The van der Waals surface area contributed by atoms with Crippen LogP contribution < -0.4 is 5.73 Å². The maximum Gasteiger partial charge on any atom is 0.240 e. The molecule has 4 nitrogen and oxygen atoms in total. The van der Waals surface area contributed by atoms with Crippen LogP contribution >= 0.6 is 11.3 Å². The highest BCUT2D eigenvalue weighted by atomic mass is 32.1. The normalized spacial score (nSPS) is 21.6. The lowest BCUT2D eigenvalue weighted by Gasteiger charge is -2.27. The van der Waals surface area contributed by atoms with Crippen molar-refractivity contribution in [3.63, 3.8) is 0 Å². The zero-order valence-electron chi connectivity index (χ0n) is 12.1. The number of thiophene rings is 1. The number of nitrogens with zero attached hydrogens (tertiary/aromatic N) is 1. The average molecular weight is 294 g/mol. The quantitative estimate of drug-likeness (QED) is 0.927. The molecule has 2 N–H and O–H groups in total. The van der Waals surface area contributed by atoms with E-state index in [0.29, 0.717) is 19.4 Å². The minimum atomic E-state index is -0.452. The minimum absolute atomic E-state index is 0.0594. The highest BCUT2D eigenvalue weighted by molar-refractivity contribution is 7.10. The molecule has 1 aromatic rings. The second-order valence-electron chi connectivity index (χ2n) is 5.48. The molecule has 0 radical (unpaired) electrons. The first kappa shape index (κ1) is 15.0. The summed E-state index contributed by atoms with van der Waals surface area (Å²) in [6.07, 6.45) is 3.00. The van der Waals surface area contributed by atoms with Gasteiger partial charge in [0.2, 0.25) is 11.8 Å². The van der Waals surface area contributed by atoms with Crippen LogP contribution in [0, 0.1) is 6.92 Å². The maximum atomic E-state index is 12.4.